The molecule has 2 heterocycles. The van der Waals surface area contributed by atoms with Gasteiger partial charge in [0.15, 0.2) is 0 Å². The summed E-state index contributed by atoms with van der Waals surface area (Å²) in [6.45, 7) is 1.77. The van der Waals surface area contributed by atoms with E-state index in [0.717, 1.165) is 25.8 Å². The molecule has 0 saturated heterocycles. The minimum absolute atomic E-state index is 0.00626. The molecule has 0 spiro atoms. The Kier molecular flexibility index (Phi) is 7.44. The second-order valence-electron chi connectivity index (χ2n) is 7.52. The zero-order valence-corrected chi connectivity index (χ0v) is 22.7. The summed E-state index contributed by atoms with van der Waals surface area (Å²) in [6, 6.07) is 14.6. The summed E-state index contributed by atoms with van der Waals surface area (Å²) in [5, 5.41) is 0. The molecule has 35 heavy (non-hydrogen) atoms. The quantitative estimate of drug-likeness (QED) is 0.441. The van der Waals surface area contributed by atoms with E-state index in [4.69, 9.17) is 15.2 Å². The number of carbonyl (C=O) groups excluding carboxylic acids is 2. The van der Waals surface area contributed by atoms with Gasteiger partial charge in [-0.25, -0.2) is 9.59 Å². The van der Waals surface area contributed by atoms with Crippen molar-refractivity contribution in [1.29, 1.82) is 0 Å². The van der Waals surface area contributed by atoms with Crippen LogP contribution in [-0.4, -0.2) is 30.2 Å². The average molecular weight is 620 g/mol. The van der Waals surface area contributed by atoms with Crippen LogP contribution in [0.2, 0.25) is 0 Å². The van der Waals surface area contributed by atoms with Crippen molar-refractivity contribution in [2.75, 3.05) is 13.7 Å². The van der Waals surface area contributed by atoms with Crippen LogP contribution in [0.25, 0.3) is 17.5 Å². The van der Waals surface area contributed by atoms with Gasteiger partial charge >= 0.3 is 11.9 Å². The van der Waals surface area contributed by atoms with Gasteiger partial charge in [-0.2, -0.15) is 0 Å². The molecule has 0 bridgehead atoms. The molecule has 0 amide bonds. The summed E-state index contributed by atoms with van der Waals surface area (Å²) >= 11 is 7.99. The van der Waals surface area contributed by atoms with Crippen LogP contribution in [0.15, 0.2) is 67.8 Å². The lowest BCUT2D eigenvalue weighted by atomic mass is 9.83. The number of thiazole rings is 1. The summed E-state index contributed by atoms with van der Waals surface area (Å²) in [5.41, 5.74) is 7.58. The molecule has 2 aromatic carbocycles. The molecule has 0 fully saturated rings. The van der Waals surface area contributed by atoms with Crippen molar-refractivity contribution in [2.24, 2.45) is 5.73 Å². The molecule has 4 rings (SSSR count). The SMILES string of the molecule is CCOC(=O)C1=C(N)n2c(s/c(=C/c3cccc(Br)c3)c2=O)=C(C(=O)OC)[C@@H]1c1cccc(Br)c1. The predicted molar refractivity (Wildman–Crippen MR) is 142 cm³/mol. The minimum Gasteiger partial charge on any atom is -0.466 e. The standard InChI is InChI=1S/C25H20Br2N2O5S/c1-3-34-25(32)19-18(14-7-5-9-16(27)12-14)20(24(31)33-2)23-29(21(19)28)22(30)17(35-23)11-13-6-4-8-15(26)10-13/h4-12,18H,3,28H2,1-2H3/b17-11+/t18-/m1/s1. The first-order valence-corrected chi connectivity index (χ1v) is 12.9. The van der Waals surface area contributed by atoms with Crippen LogP contribution in [0.4, 0.5) is 0 Å². The minimum atomic E-state index is -0.893. The maximum Gasteiger partial charge on any atom is 0.338 e. The highest BCUT2D eigenvalue weighted by Crippen LogP contribution is 2.38. The van der Waals surface area contributed by atoms with E-state index in [2.05, 4.69) is 31.9 Å². The van der Waals surface area contributed by atoms with Crippen LogP contribution in [0, 0.1) is 0 Å². The molecule has 1 atom stereocenters. The highest BCUT2D eigenvalue weighted by molar-refractivity contribution is 9.10. The van der Waals surface area contributed by atoms with Crippen LogP contribution in [-0.2, 0) is 19.1 Å². The summed E-state index contributed by atoms with van der Waals surface area (Å²) in [6.07, 6.45) is 1.71. The maximum atomic E-state index is 13.5. The van der Waals surface area contributed by atoms with Crippen LogP contribution in [0.5, 0.6) is 0 Å². The molecule has 7 nitrogen and oxygen atoms in total. The number of rotatable bonds is 5. The number of benzene rings is 2. The third-order valence-electron chi connectivity index (χ3n) is 5.38. The van der Waals surface area contributed by atoms with E-state index >= 15 is 0 Å². The van der Waals surface area contributed by atoms with Crippen molar-refractivity contribution in [3.8, 4) is 0 Å². The molecule has 0 aliphatic carbocycles. The number of hydrogen-bond donors (Lipinski definition) is 1. The fourth-order valence-corrected chi connectivity index (χ4v) is 5.93. The number of nitrogens with zero attached hydrogens (tertiary/aromatic N) is 1. The Balaban J connectivity index is 2.13. The van der Waals surface area contributed by atoms with E-state index in [1.165, 1.54) is 11.7 Å². The Morgan fingerprint density at radius 1 is 1.09 bits per heavy atom. The Bertz CT molecular complexity index is 1550. The van der Waals surface area contributed by atoms with Gasteiger partial charge in [0.1, 0.15) is 10.5 Å². The number of carbonyl (C=O) groups is 2. The summed E-state index contributed by atoms with van der Waals surface area (Å²) in [4.78, 5) is 39.8. The molecular weight excluding hydrogens is 600 g/mol. The summed E-state index contributed by atoms with van der Waals surface area (Å²) in [7, 11) is 1.25. The number of ether oxygens (including phenoxy) is 2. The molecule has 0 radical (unpaired) electrons. The molecule has 10 heteroatoms. The van der Waals surface area contributed by atoms with E-state index < -0.39 is 23.4 Å². The van der Waals surface area contributed by atoms with Crippen molar-refractivity contribution in [1.82, 2.24) is 4.57 Å². The molecule has 0 saturated carbocycles. The van der Waals surface area contributed by atoms with Gasteiger partial charge in [-0.15, -0.1) is 11.3 Å². The monoisotopic (exact) mass is 618 g/mol. The number of hydrogen-bond acceptors (Lipinski definition) is 7. The van der Waals surface area contributed by atoms with Crippen LogP contribution < -0.4 is 20.5 Å². The van der Waals surface area contributed by atoms with Crippen molar-refractivity contribution in [3.63, 3.8) is 0 Å². The molecule has 0 unspecified atom stereocenters. The van der Waals surface area contributed by atoms with E-state index in [1.54, 1.807) is 31.2 Å². The average Bonchev–Trinajstić information content (AvgIpc) is 3.14. The van der Waals surface area contributed by atoms with Gasteiger partial charge in [-0.05, 0) is 48.4 Å². The number of methoxy groups -OCH3 is 1. The third-order valence-corrected chi connectivity index (χ3v) is 7.47. The van der Waals surface area contributed by atoms with Crippen LogP contribution >= 0.6 is 43.2 Å². The van der Waals surface area contributed by atoms with E-state index in [1.807, 2.05) is 30.3 Å². The van der Waals surface area contributed by atoms with Gasteiger partial charge in [0.25, 0.3) is 5.56 Å². The van der Waals surface area contributed by atoms with Crippen molar-refractivity contribution in [3.05, 3.63) is 93.7 Å². The highest BCUT2D eigenvalue weighted by atomic mass is 79.9. The molecule has 1 aliphatic rings. The molecular formula is C25H20Br2N2O5S. The fourth-order valence-electron chi connectivity index (χ4n) is 3.93. The lowest BCUT2D eigenvalue weighted by Crippen LogP contribution is -2.41. The van der Waals surface area contributed by atoms with Gasteiger partial charge in [0.05, 0.1) is 35.3 Å². The van der Waals surface area contributed by atoms with Crippen LogP contribution in [0.1, 0.15) is 24.0 Å². The number of halogens is 2. The van der Waals surface area contributed by atoms with Crippen molar-refractivity contribution >= 4 is 72.6 Å². The zero-order chi connectivity index (χ0) is 25.3. The van der Waals surface area contributed by atoms with Gasteiger partial charge < -0.3 is 15.2 Å². The molecule has 1 aromatic heterocycles. The third kappa shape index (κ3) is 4.78. The number of esters is 2. The van der Waals surface area contributed by atoms with Gasteiger partial charge in [0.2, 0.25) is 0 Å². The first kappa shape index (κ1) is 25.2. The number of fused-ring (bicyclic) bond motifs is 1. The molecule has 3 aromatic rings. The number of nitrogens with two attached hydrogens (primary N) is 1. The summed E-state index contributed by atoms with van der Waals surface area (Å²) < 4.78 is 13.8. The van der Waals surface area contributed by atoms with Gasteiger partial charge in [0, 0.05) is 8.95 Å². The second-order valence-corrected chi connectivity index (χ2v) is 10.4. The predicted octanol–water partition coefficient (Wildman–Crippen LogP) is 3.08. The first-order valence-electron chi connectivity index (χ1n) is 10.5. The Hall–Kier alpha value is -2.95. The van der Waals surface area contributed by atoms with E-state index in [9.17, 15) is 14.4 Å². The van der Waals surface area contributed by atoms with Crippen molar-refractivity contribution < 1.29 is 19.1 Å². The highest BCUT2D eigenvalue weighted by Gasteiger charge is 2.39. The number of aromatic nitrogens is 1. The molecule has 180 valence electrons. The molecule has 2 N–H and O–H groups in total. The van der Waals surface area contributed by atoms with Gasteiger partial charge in [-0.1, -0.05) is 56.1 Å². The van der Waals surface area contributed by atoms with Crippen LogP contribution in [0.3, 0.4) is 0 Å². The lowest BCUT2D eigenvalue weighted by Gasteiger charge is -2.26. The second kappa shape index (κ2) is 10.3. The lowest BCUT2D eigenvalue weighted by molar-refractivity contribution is -0.138. The Labute approximate surface area is 221 Å². The topological polar surface area (TPSA) is 101 Å². The fraction of sp³-hybridized carbons (Fsp3) is 0.160. The van der Waals surface area contributed by atoms with Crippen molar-refractivity contribution in [2.45, 2.75) is 12.8 Å². The smallest absolute Gasteiger partial charge is 0.338 e. The normalized spacial score (nSPS) is 15.7. The molecule has 1 aliphatic heterocycles. The zero-order valence-electron chi connectivity index (χ0n) is 18.7. The van der Waals surface area contributed by atoms with E-state index in [0.29, 0.717) is 14.8 Å². The summed E-state index contributed by atoms with van der Waals surface area (Å²) in [5.74, 6) is -2.35. The Morgan fingerprint density at radius 2 is 1.77 bits per heavy atom. The van der Waals surface area contributed by atoms with Gasteiger partial charge in [-0.3, -0.25) is 9.36 Å². The largest absolute Gasteiger partial charge is 0.466 e. The maximum absolute atomic E-state index is 13.5. The first-order chi connectivity index (χ1) is 16.8. The Morgan fingerprint density at radius 3 is 2.40 bits per heavy atom. The van der Waals surface area contributed by atoms with E-state index in [-0.39, 0.29) is 23.6 Å².